The van der Waals surface area contributed by atoms with Crippen LogP contribution in [0.2, 0.25) is 0 Å². The van der Waals surface area contributed by atoms with Crippen molar-refractivity contribution >= 4 is 17.6 Å². The number of nitro groups is 1. The number of hydrogen-bond acceptors (Lipinski definition) is 7. The minimum absolute atomic E-state index is 0.0602. The van der Waals surface area contributed by atoms with E-state index in [0.717, 1.165) is 0 Å². The Labute approximate surface area is 145 Å². The highest BCUT2D eigenvalue weighted by molar-refractivity contribution is 5.85. The molecule has 0 radical (unpaired) electrons. The lowest BCUT2D eigenvalue weighted by atomic mass is 9.99. The summed E-state index contributed by atoms with van der Waals surface area (Å²) in [6.45, 7) is 3.27. The van der Waals surface area contributed by atoms with Gasteiger partial charge in [0, 0.05) is 6.07 Å². The summed E-state index contributed by atoms with van der Waals surface area (Å²) in [6.07, 6.45) is 0.666. The number of carbonyl (C=O) groups excluding carboxylic acids is 2. The summed E-state index contributed by atoms with van der Waals surface area (Å²) < 4.78 is 15.1. The van der Waals surface area contributed by atoms with Crippen molar-refractivity contribution < 1.29 is 28.7 Å². The molecule has 9 heteroatoms. The van der Waals surface area contributed by atoms with Gasteiger partial charge in [0.1, 0.15) is 6.04 Å². The van der Waals surface area contributed by atoms with E-state index in [9.17, 15) is 19.7 Å². The number of amides is 1. The third kappa shape index (κ3) is 5.63. The molecule has 1 aromatic rings. The van der Waals surface area contributed by atoms with Crippen molar-refractivity contribution in [2.75, 3.05) is 20.8 Å². The molecule has 0 aliphatic carbocycles. The lowest BCUT2D eigenvalue weighted by Gasteiger charge is -2.21. The lowest BCUT2D eigenvalue weighted by Crippen LogP contribution is -2.47. The zero-order chi connectivity index (χ0) is 19.0. The Morgan fingerprint density at radius 2 is 1.96 bits per heavy atom. The Hall–Kier alpha value is -2.84. The highest BCUT2D eigenvalue weighted by Crippen LogP contribution is 2.31. The molecule has 25 heavy (non-hydrogen) atoms. The van der Waals surface area contributed by atoms with E-state index in [1.165, 1.54) is 32.4 Å². The quantitative estimate of drug-likeness (QED) is 0.407. The maximum Gasteiger partial charge on any atom is 0.328 e. The van der Waals surface area contributed by atoms with Crippen LogP contribution < -0.4 is 14.8 Å². The van der Waals surface area contributed by atoms with Crippen molar-refractivity contribution in [2.24, 2.45) is 5.92 Å². The molecule has 2 atom stereocenters. The molecule has 0 aliphatic rings. The zero-order valence-corrected chi connectivity index (χ0v) is 14.6. The van der Waals surface area contributed by atoms with E-state index >= 15 is 0 Å². The topological polar surface area (TPSA) is 117 Å². The van der Waals surface area contributed by atoms with Gasteiger partial charge < -0.3 is 19.5 Å². The number of nitrogens with zero attached hydrogens (tertiary/aromatic N) is 1. The van der Waals surface area contributed by atoms with E-state index in [1.54, 1.807) is 0 Å². The summed E-state index contributed by atoms with van der Waals surface area (Å²) in [5, 5.41) is 13.4. The third-order valence-electron chi connectivity index (χ3n) is 3.70. The normalized spacial score (nSPS) is 12.6. The molecule has 2 unspecified atom stereocenters. The van der Waals surface area contributed by atoms with Gasteiger partial charge in [-0.05, 0) is 12.0 Å². The Balaban J connectivity index is 2.79. The SMILES string of the molecule is CCC(C)C(NC(=O)COc1cc([N+](=O)[O-])ccc1OC)C(=O)OC. The molecular weight excluding hydrogens is 332 g/mol. The van der Waals surface area contributed by atoms with Crippen LogP contribution in [0.25, 0.3) is 0 Å². The van der Waals surface area contributed by atoms with Gasteiger partial charge in [-0.1, -0.05) is 20.3 Å². The van der Waals surface area contributed by atoms with Gasteiger partial charge in [0.2, 0.25) is 0 Å². The van der Waals surface area contributed by atoms with Crippen LogP contribution in [0.1, 0.15) is 20.3 Å². The van der Waals surface area contributed by atoms with E-state index in [0.29, 0.717) is 6.42 Å². The average molecular weight is 354 g/mol. The number of ether oxygens (including phenoxy) is 3. The van der Waals surface area contributed by atoms with Crippen molar-refractivity contribution in [3.05, 3.63) is 28.3 Å². The van der Waals surface area contributed by atoms with Crippen LogP contribution in [0.3, 0.4) is 0 Å². The molecule has 0 heterocycles. The summed E-state index contributed by atoms with van der Waals surface area (Å²) in [6, 6.07) is 3.01. The minimum atomic E-state index is -0.793. The fourth-order valence-electron chi connectivity index (χ4n) is 2.05. The van der Waals surface area contributed by atoms with Crippen LogP contribution in [0, 0.1) is 16.0 Å². The van der Waals surface area contributed by atoms with Gasteiger partial charge in [0.15, 0.2) is 18.1 Å². The van der Waals surface area contributed by atoms with Gasteiger partial charge >= 0.3 is 5.97 Å². The standard InChI is InChI=1S/C16H22N2O7/c1-5-10(2)15(16(20)24-4)17-14(19)9-25-13-8-11(18(21)22)6-7-12(13)23-3/h6-8,10,15H,5,9H2,1-4H3,(H,17,19). The fraction of sp³-hybridized carbons (Fsp3) is 0.500. The van der Waals surface area contributed by atoms with Crippen molar-refractivity contribution in [3.63, 3.8) is 0 Å². The van der Waals surface area contributed by atoms with Gasteiger partial charge in [0.05, 0.1) is 25.2 Å². The van der Waals surface area contributed by atoms with Crippen molar-refractivity contribution in [1.82, 2.24) is 5.32 Å². The van der Waals surface area contributed by atoms with E-state index in [2.05, 4.69) is 10.1 Å². The number of esters is 1. The first kappa shape index (κ1) is 20.2. The number of methoxy groups -OCH3 is 2. The summed E-state index contributed by atoms with van der Waals surface area (Å²) in [4.78, 5) is 34.1. The van der Waals surface area contributed by atoms with Crippen LogP contribution in [0.5, 0.6) is 11.5 Å². The maximum absolute atomic E-state index is 12.1. The number of non-ortho nitro benzene ring substituents is 1. The molecular formula is C16H22N2O7. The molecule has 9 nitrogen and oxygen atoms in total. The van der Waals surface area contributed by atoms with E-state index in [4.69, 9.17) is 9.47 Å². The molecule has 0 aliphatic heterocycles. The molecule has 0 fully saturated rings. The molecule has 0 saturated heterocycles. The number of benzene rings is 1. The predicted octanol–water partition coefficient (Wildman–Crippen LogP) is 1.69. The summed E-state index contributed by atoms with van der Waals surface area (Å²) in [5.41, 5.74) is -0.191. The number of nitrogens with one attached hydrogen (secondary N) is 1. The molecule has 1 rings (SSSR count). The number of hydrogen-bond donors (Lipinski definition) is 1. The second-order valence-corrected chi connectivity index (χ2v) is 5.33. The minimum Gasteiger partial charge on any atom is -0.493 e. The van der Waals surface area contributed by atoms with Gasteiger partial charge in [0.25, 0.3) is 11.6 Å². The highest BCUT2D eigenvalue weighted by Gasteiger charge is 2.27. The van der Waals surface area contributed by atoms with Gasteiger partial charge in [-0.15, -0.1) is 0 Å². The Bertz CT molecular complexity index is 633. The van der Waals surface area contributed by atoms with Crippen LogP contribution in [-0.2, 0) is 14.3 Å². The summed E-state index contributed by atoms with van der Waals surface area (Å²) in [7, 11) is 2.62. The second-order valence-electron chi connectivity index (χ2n) is 5.33. The van der Waals surface area contributed by atoms with Crippen LogP contribution in [-0.4, -0.2) is 43.7 Å². The lowest BCUT2D eigenvalue weighted by molar-refractivity contribution is -0.385. The first-order valence-corrected chi connectivity index (χ1v) is 7.66. The average Bonchev–Trinajstić information content (AvgIpc) is 2.62. The van der Waals surface area contributed by atoms with Gasteiger partial charge in [-0.3, -0.25) is 14.9 Å². The van der Waals surface area contributed by atoms with Crippen molar-refractivity contribution in [1.29, 1.82) is 0 Å². The summed E-state index contributed by atoms with van der Waals surface area (Å²) >= 11 is 0. The molecule has 1 amide bonds. The van der Waals surface area contributed by atoms with Crippen molar-refractivity contribution in [3.8, 4) is 11.5 Å². The monoisotopic (exact) mass is 354 g/mol. The Kier molecular flexibility index (Phi) is 7.64. The molecule has 0 spiro atoms. The predicted molar refractivity (Wildman–Crippen MR) is 88.5 cm³/mol. The van der Waals surface area contributed by atoms with Crippen LogP contribution >= 0.6 is 0 Å². The molecule has 0 bridgehead atoms. The van der Waals surface area contributed by atoms with Gasteiger partial charge in [-0.2, -0.15) is 0 Å². The van der Waals surface area contributed by atoms with E-state index in [-0.39, 0.29) is 23.1 Å². The second kappa shape index (κ2) is 9.45. The first-order chi connectivity index (χ1) is 11.8. The maximum atomic E-state index is 12.1. The fourth-order valence-corrected chi connectivity index (χ4v) is 2.05. The molecule has 138 valence electrons. The number of nitro benzene ring substituents is 1. The molecule has 1 N–H and O–H groups in total. The third-order valence-corrected chi connectivity index (χ3v) is 3.70. The Morgan fingerprint density at radius 3 is 2.48 bits per heavy atom. The first-order valence-electron chi connectivity index (χ1n) is 7.66. The van der Waals surface area contributed by atoms with Crippen LogP contribution in [0.4, 0.5) is 5.69 Å². The largest absolute Gasteiger partial charge is 0.493 e. The Morgan fingerprint density at radius 1 is 1.28 bits per heavy atom. The molecule has 0 saturated carbocycles. The molecule has 0 aromatic heterocycles. The summed E-state index contributed by atoms with van der Waals surface area (Å²) in [5.74, 6) is -0.904. The number of carbonyl (C=O) groups is 2. The molecule has 1 aromatic carbocycles. The zero-order valence-electron chi connectivity index (χ0n) is 14.6. The van der Waals surface area contributed by atoms with Crippen LogP contribution in [0.15, 0.2) is 18.2 Å². The highest BCUT2D eigenvalue weighted by atomic mass is 16.6. The van der Waals surface area contributed by atoms with Crippen molar-refractivity contribution in [2.45, 2.75) is 26.3 Å². The van der Waals surface area contributed by atoms with Gasteiger partial charge in [-0.25, -0.2) is 4.79 Å². The smallest absolute Gasteiger partial charge is 0.328 e. The van der Waals surface area contributed by atoms with E-state index < -0.39 is 29.4 Å². The van der Waals surface area contributed by atoms with E-state index in [1.807, 2.05) is 13.8 Å². The number of rotatable bonds is 9.